The molecule has 188 valence electrons. The number of aromatic nitrogens is 1. The topological polar surface area (TPSA) is 106 Å². The predicted molar refractivity (Wildman–Crippen MR) is 132 cm³/mol. The quantitative estimate of drug-likeness (QED) is 0.359. The molecule has 0 atom stereocenters. The van der Waals surface area contributed by atoms with E-state index in [0.29, 0.717) is 42.5 Å². The van der Waals surface area contributed by atoms with Gasteiger partial charge in [0, 0.05) is 32.1 Å². The van der Waals surface area contributed by atoms with E-state index in [1.165, 1.54) is 5.56 Å². The highest BCUT2D eigenvalue weighted by molar-refractivity contribution is 5.80. The van der Waals surface area contributed by atoms with Crippen molar-refractivity contribution in [2.45, 2.75) is 45.2 Å². The lowest BCUT2D eigenvalue weighted by atomic mass is 10.0. The number of carbonyl (C=O) groups is 1. The molecule has 0 radical (unpaired) electrons. The lowest BCUT2D eigenvalue weighted by Crippen LogP contribution is -2.38. The van der Waals surface area contributed by atoms with E-state index in [9.17, 15) is 4.79 Å². The lowest BCUT2D eigenvalue weighted by Gasteiger charge is -2.32. The number of carboxylic acid groups (broad SMARTS) is 1. The second kappa shape index (κ2) is 11.8. The van der Waals surface area contributed by atoms with Crippen LogP contribution in [0.3, 0.4) is 0 Å². The van der Waals surface area contributed by atoms with Gasteiger partial charge in [-0.15, -0.1) is 0 Å². The molecule has 35 heavy (non-hydrogen) atoms. The van der Waals surface area contributed by atoms with Crippen LogP contribution in [0.2, 0.25) is 0 Å². The maximum Gasteiger partial charge on any atom is 0.303 e. The molecule has 0 amide bonds. The zero-order chi connectivity index (χ0) is 24.6. The summed E-state index contributed by atoms with van der Waals surface area (Å²) in [4.78, 5) is 17.7. The number of nitrogens with zero attached hydrogens (tertiary/aromatic N) is 2. The van der Waals surface area contributed by atoms with Crippen molar-refractivity contribution < 1.29 is 28.5 Å². The third-order valence-corrected chi connectivity index (χ3v) is 6.02. The maximum absolute atomic E-state index is 10.7. The van der Waals surface area contributed by atoms with E-state index in [1.54, 1.807) is 7.11 Å². The van der Waals surface area contributed by atoms with Crippen LogP contribution in [0.15, 0.2) is 40.8 Å². The van der Waals surface area contributed by atoms with Crippen molar-refractivity contribution in [3.05, 3.63) is 42.0 Å². The fraction of sp³-hybridized carbons (Fsp3) is 0.462. The first-order chi connectivity index (χ1) is 17.1. The number of piperidine rings is 1. The lowest BCUT2D eigenvalue weighted by molar-refractivity contribution is -0.137. The number of hydrogen-bond acceptors (Lipinski definition) is 8. The molecule has 2 N–H and O–H groups in total. The Kier molecular flexibility index (Phi) is 8.31. The van der Waals surface area contributed by atoms with Crippen LogP contribution in [0.4, 0.5) is 6.01 Å². The van der Waals surface area contributed by atoms with E-state index in [2.05, 4.69) is 27.3 Å². The number of fused-ring (bicyclic) bond motifs is 1. The molecular weight excluding hydrogens is 450 g/mol. The molecule has 9 heteroatoms. The molecule has 1 aromatic heterocycles. The number of benzene rings is 2. The monoisotopic (exact) mass is 483 g/mol. The Morgan fingerprint density at radius 3 is 2.74 bits per heavy atom. The van der Waals surface area contributed by atoms with Crippen molar-refractivity contribution in [3.63, 3.8) is 0 Å². The second-order valence-corrected chi connectivity index (χ2v) is 8.58. The first-order valence-corrected chi connectivity index (χ1v) is 12.1. The summed E-state index contributed by atoms with van der Waals surface area (Å²) >= 11 is 0. The molecule has 2 heterocycles. The van der Waals surface area contributed by atoms with Crippen molar-refractivity contribution >= 4 is 23.1 Å². The number of ether oxygens (including phenoxy) is 3. The number of oxazole rings is 1. The standard InChI is InChI=1S/C26H33N3O6/c1-3-33-23-16-18(9-10-21(23)32-2)17-29-13-11-19(12-14-29)27-26-28-20-6-4-7-22(25(20)35-26)34-15-5-8-24(30)31/h4,6-7,9-10,16,19H,3,5,8,11-15,17H2,1-2H3,(H,27,28)(H,30,31). The molecule has 3 aromatic rings. The number of anilines is 1. The summed E-state index contributed by atoms with van der Waals surface area (Å²) in [6.45, 7) is 5.68. The van der Waals surface area contributed by atoms with Crippen LogP contribution in [0, 0.1) is 0 Å². The molecule has 0 aliphatic carbocycles. The van der Waals surface area contributed by atoms with Crippen LogP contribution in [0.1, 0.15) is 38.2 Å². The number of carboxylic acids is 1. The number of likely N-dealkylation sites (tertiary alicyclic amines) is 1. The number of methoxy groups -OCH3 is 1. The third-order valence-electron chi connectivity index (χ3n) is 6.02. The summed E-state index contributed by atoms with van der Waals surface area (Å²) in [6, 6.07) is 12.4. The molecule has 0 saturated carbocycles. The summed E-state index contributed by atoms with van der Waals surface area (Å²) in [7, 11) is 1.66. The number of rotatable bonds is 12. The Bertz CT molecular complexity index is 1120. The fourth-order valence-corrected chi connectivity index (χ4v) is 4.26. The Morgan fingerprint density at radius 2 is 2.00 bits per heavy atom. The number of para-hydroxylation sites is 1. The number of nitrogens with one attached hydrogen (secondary N) is 1. The van der Waals surface area contributed by atoms with Gasteiger partial charge in [-0.05, 0) is 56.0 Å². The molecule has 4 rings (SSSR count). The molecule has 9 nitrogen and oxygen atoms in total. The van der Waals surface area contributed by atoms with Gasteiger partial charge in [-0.2, -0.15) is 4.98 Å². The summed E-state index contributed by atoms with van der Waals surface area (Å²) in [5, 5.41) is 12.2. The molecule has 0 bridgehead atoms. The Hall–Kier alpha value is -3.46. The van der Waals surface area contributed by atoms with Crippen LogP contribution in [-0.4, -0.2) is 60.4 Å². The Labute approximate surface area is 205 Å². The maximum atomic E-state index is 10.7. The molecule has 0 unspecified atom stereocenters. The van der Waals surface area contributed by atoms with Crippen molar-refractivity contribution in [1.82, 2.24) is 9.88 Å². The molecule has 1 aliphatic rings. The zero-order valence-electron chi connectivity index (χ0n) is 20.3. The molecule has 0 spiro atoms. The molecular formula is C26H33N3O6. The van der Waals surface area contributed by atoms with E-state index in [-0.39, 0.29) is 12.5 Å². The summed E-state index contributed by atoms with van der Waals surface area (Å²) in [5.41, 5.74) is 2.49. The molecule has 1 aliphatic heterocycles. The summed E-state index contributed by atoms with van der Waals surface area (Å²) in [6.07, 6.45) is 2.47. The highest BCUT2D eigenvalue weighted by Gasteiger charge is 2.22. The van der Waals surface area contributed by atoms with Crippen LogP contribution in [0.5, 0.6) is 17.2 Å². The van der Waals surface area contributed by atoms with E-state index in [4.69, 9.17) is 23.7 Å². The van der Waals surface area contributed by atoms with Crippen molar-refractivity contribution in [2.24, 2.45) is 0 Å². The average Bonchev–Trinajstić information content (AvgIpc) is 3.26. The van der Waals surface area contributed by atoms with E-state index in [0.717, 1.165) is 44.0 Å². The van der Waals surface area contributed by atoms with E-state index >= 15 is 0 Å². The SMILES string of the molecule is CCOc1cc(CN2CCC(Nc3nc4cccc(OCCCC(=O)O)c4o3)CC2)ccc1OC. The highest BCUT2D eigenvalue weighted by atomic mass is 16.5. The minimum atomic E-state index is -0.830. The van der Waals surface area contributed by atoms with Gasteiger partial charge in [0.15, 0.2) is 22.8 Å². The van der Waals surface area contributed by atoms with E-state index in [1.807, 2.05) is 31.2 Å². The summed E-state index contributed by atoms with van der Waals surface area (Å²) < 4.78 is 22.8. The van der Waals surface area contributed by atoms with Gasteiger partial charge in [0.2, 0.25) is 0 Å². The van der Waals surface area contributed by atoms with Gasteiger partial charge in [0.1, 0.15) is 5.52 Å². The van der Waals surface area contributed by atoms with Gasteiger partial charge in [-0.1, -0.05) is 12.1 Å². The first-order valence-electron chi connectivity index (χ1n) is 12.1. The van der Waals surface area contributed by atoms with E-state index < -0.39 is 5.97 Å². The summed E-state index contributed by atoms with van der Waals surface area (Å²) in [5.74, 6) is 1.29. The van der Waals surface area contributed by atoms with Crippen LogP contribution >= 0.6 is 0 Å². The molecule has 1 fully saturated rings. The first kappa shape index (κ1) is 24.7. The second-order valence-electron chi connectivity index (χ2n) is 8.58. The van der Waals surface area contributed by atoms with Gasteiger partial charge in [-0.3, -0.25) is 9.69 Å². The minimum Gasteiger partial charge on any atom is -0.493 e. The smallest absolute Gasteiger partial charge is 0.303 e. The Morgan fingerprint density at radius 1 is 1.17 bits per heavy atom. The highest BCUT2D eigenvalue weighted by Crippen LogP contribution is 2.31. The van der Waals surface area contributed by atoms with Gasteiger partial charge in [0.05, 0.1) is 20.3 Å². The minimum absolute atomic E-state index is 0.0734. The van der Waals surface area contributed by atoms with Gasteiger partial charge < -0.3 is 29.1 Å². The van der Waals surface area contributed by atoms with Gasteiger partial charge >= 0.3 is 5.97 Å². The van der Waals surface area contributed by atoms with Crippen molar-refractivity contribution in [1.29, 1.82) is 0 Å². The van der Waals surface area contributed by atoms with Crippen molar-refractivity contribution in [3.8, 4) is 17.2 Å². The van der Waals surface area contributed by atoms with Crippen LogP contribution in [-0.2, 0) is 11.3 Å². The molecule has 2 aromatic carbocycles. The van der Waals surface area contributed by atoms with Crippen LogP contribution in [0.25, 0.3) is 11.1 Å². The largest absolute Gasteiger partial charge is 0.493 e. The Balaban J connectivity index is 1.30. The number of hydrogen-bond donors (Lipinski definition) is 2. The van der Waals surface area contributed by atoms with Crippen LogP contribution < -0.4 is 19.5 Å². The predicted octanol–water partition coefficient (Wildman–Crippen LogP) is 4.56. The number of aliphatic carboxylic acids is 1. The molecule has 1 saturated heterocycles. The fourth-order valence-electron chi connectivity index (χ4n) is 4.26. The van der Waals surface area contributed by atoms with Gasteiger partial charge in [-0.25, -0.2) is 0 Å². The third kappa shape index (κ3) is 6.57. The normalized spacial score (nSPS) is 14.7. The van der Waals surface area contributed by atoms with Crippen molar-refractivity contribution in [2.75, 3.05) is 38.7 Å². The zero-order valence-corrected chi connectivity index (χ0v) is 20.3. The average molecular weight is 484 g/mol. The van der Waals surface area contributed by atoms with Gasteiger partial charge in [0.25, 0.3) is 6.01 Å².